The number of hydrazine groups is 2. The van der Waals surface area contributed by atoms with Gasteiger partial charge in [-0.15, -0.1) is 5.53 Å². The molecule has 4 nitrogen and oxygen atoms in total. The van der Waals surface area contributed by atoms with Gasteiger partial charge in [-0.3, -0.25) is 5.01 Å². The van der Waals surface area contributed by atoms with Crippen LogP contribution in [-0.4, -0.2) is 11.3 Å². The van der Waals surface area contributed by atoms with E-state index in [9.17, 15) is 5.11 Å². The summed E-state index contributed by atoms with van der Waals surface area (Å²) in [6.45, 7) is 1.94. The van der Waals surface area contributed by atoms with Crippen molar-refractivity contribution in [2.24, 2.45) is 0 Å². The van der Waals surface area contributed by atoms with Crippen molar-refractivity contribution >= 4 is 11.4 Å². The van der Waals surface area contributed by atoms with E-state index in [1.807, 2.05) is 31.2 Å². The number of anilines is 2. The summed E-state index contributed by atoms with van der Waals surface area (Å²) in [5, 5.41) is 11.3. The fraction of sp³-hybridized carbons (Fsp3) is 0.333. The second-order valence-corrected chi connectivity index (χ2v) is 3.01. The number of fused-ring (bicyclic) bond motifs is 1. The minimum absolute atomic E-state index is 0.490. The van der Waals surface area contributed by atoms with Gasteiger partial charge in [0.1, 0.15) is 6.23 Å². The normalized spacial score (nSPS) is 16.6. The minimum Gasteiger partial charge on any atom is -0.372 e. The maximum atomic E-state index is 9.63. The Morgan fingerprint density at radius 2 is 2.23 bits per heavy atom. The first-order valence-electron chi connectivity index (χ1n) is 4.41. The van der Waals surface area contributed by atoms with Crippen LogP contribution in [0, 0.1) is 0 Å². The lowest BCUT2D eigenvalue weighted by Gasteiger charge is -2.22. The highest BCUT2D eigenvalue weighted by Gasteiger charge is 2.22. The molecule has 0 bridgehead atoms. The number of nitrogens with one attached hydrogen (secondary N) is 2. The molecule has 1 heterocycles. The molecule has 4 heteroatoms. The number of rotatable bonds is 2. The third-order valence-corrected chi connectivity index (χ3v) is 2.14. The van der Waals surface area contributed by atoms with Gasteiger partial charge in [-0.1, -0.05) is 19.1 Å². The van der Waals surface area contributed by atoms with Gasteiger partial charge >= 0.3 is 0 Å². The van der Waals surface area contributed by atoms with Gasteiger partial charge in [0.25, 0.3) is 0 Å². The molecule has 1 aliphatic heterocycles. The van der Waals surface area contributed by atoms with Crippen LogP contribution in [0.4, 0.5) is 11.4 Å². The zero-order valence-electron chi connectivity index (χ0n) is 7.49. The van der Waals surface area contributed by atoms with E-state index in [4.69, 9.17) is 0 Å². The maximum Gasteiger partial charge on any atom is 0.142 e. The summed E-state index contributed by atoms with van der Waals surface area (Å²) >= 11 is 0. The summed E-state index contributed by atoms with van der Waals surface area (Å²) in [6, 6.07) is 7.82. The van der Waals surface area contributed by atoms with E-state index >= 15 is 0 Å². The quantitative estimate of drug-likeness (QED) is 0.635. The van der Waals surface area contributed by atoms with Gasteiger partial charge < -0.3 is 10.5 Å². The first-order valence-corrected chi connectivity index (χ1v) is 4.41. The van der Waals surface area contributed by atoms with Crippen LogP contribution in [0.25, 0.3) is 0 Å². The fourth-order valence-corrected chi connectivity index (χ4v) is 1.39. The van der Waals surface area contributed by atoms with E-state index in [0.29, 0.717) is 6.42 Å². The molecule has 1 atom stereocenters. The van der Waals surface area contributed by atoms with Crippen molar-refractivity contribution in [3.8, 4) is 0 Å². The van der Waals surface area contributed by atoms with Crippen LogP contribution in [0.2, 0.25) is 0 Å². The zero-order chi connectivity index (χ0) is 9.26. The highest BCUT2D eigenvalue weighted by atomic mass is 16.3. The summed E-state index contributed by atoms with van der Waals surface area (Å²) in [5.74, 6) is 0. The van der Waals surface area contributed by atoms with E-state index in [-0.39, 0.29) is 0 Å². The number of benzene rings is 1. The van der Waals surface area contributed by atoms with E-state index in [1.54, 1.807) is 5.01 Å². The number of para-hydroxylation sites is 2. The highest BCUT2D eigenvalue weighted by Crippen LogP contribution is 2.29. The van der Waals surface area contributed by atoms with Crippen LogP contribution in [0.3, 0.4) is 0 Å². The molecule has 3 N–H and O–H groups in total. The molecular weight excluding hydrogens is 166 g/mol. The first kappa shape index (κ1) is 8.34. The van der Waals surface area contributed by atoms with Gasteiger partial charge in [0.05, 0.1) is 11.4 Å². The molecule has 0 amide bonds. The predicted octanol–water partition coefficient (Wildman–Crippen LogP) is 1.07. The highest BCUT2D eigenvalue weighted by molar-refractivity contribution is 5.72. The molecule has 0 aliphatic carbocycles. The molecule has 1 aliphatic rings. The third kappa shape index (κ3) is 1.34. The lowest BCUT2D eigenvalue weighted by Crippen LogP contribution is -2.43. The van der Waals surface area contributed by atoms with Crippen molar-refractivity contribution < 1.29 is 5.11 Å². The second kappa shape index (κ2) is 3.24. The molecular formula is C9H13N3O. The van der Waals surface area contributed by atoms with Crippen molar-refractivity contribution in [2.75, 3.05) is 10.4 Å². The van der Waals surface area contributed by atoms with E-state index in [0.717, 1.165) is 11.4 Å². The van der Waals surface area contributed by atoms with Gasteiger partial charge in [0.2, 0.25) is 0 Å². The Balaban J connectivity index is 2.28. The first-order chi connectivity index (χ1) is 6.33. The molecule has 0 radical (unpaired) electrons. The van der Waals surface area contributed by atoms with Crippen molar-refractivity contribution in [2.45, 2.75) is 19.6 Å². The van der Waals surface area contributed by atoms with Crippen molar-refractivity contribution in [3.05, 3.63) is 24.3 Å². The van der Waals surface area contributed by atoms with Crippen LogP contribution in [-0.2, 0) is 0 Å². The summed E-state index contributed by atoms with van der Waals surface area (Å²) < 4.78 is 0. The van der Waals surface area contributed by atoms with Crippen molar-refractivity contribution in [1.82, 2.24) is 5.53 Å². The Bertz CT molecular complexity index is 303. The van der Waals surface area contributed by atoms with Gasteiger partial charge in [-0.25, -0.2) is 0 Å². The van der Waals surface area contributed by atoms with Crippen molar-refractivity contribution in [3.63, 3.8) is 0 Å². The SMILES string of the molecule is CCC(O)N1NNc2ccccc21. The van der Waals surface area contributed by atoms with Crippen LogP contribution in [0.1, 0.15) is 13.3 Å². The molecule has 0 aromatic heterocycles. The van der Waals surface area contributed by atoms with Gasteiger partial charge in [0.15, 0.2) is 0 Å². The maximum absolute atomic E-state index is 9.63. The lowest BCUT2D eigenvalue weighted by atomic mass is 10.2. The number of hydrogen-bond donors (Lipinski definition) is 3. The Kier molecular flexibility index (Phi) is 2.08. The summed E-state index contributed by atoms with van der Waals surface area (Å²) in [5.41, 5.74) is 7.87. The summed E-state index contributed by atoms with van der Waals surface area (Å²) in [4.78, 5) is 0. The number of aliphatic hydroxyl groups excluding tert-OH is 1. The van der Waals surface area contributed by atoms with Gasteiger partial charge in [-0.05, 0) is 18.6 Å². The monoisotopic (exact) mass is 179 g/mol. The molecule has 1 unspecified atom stereocenters. The van der Waals surface area contributed by atoms with E-state index < -0.39 is 6.23 Å². The fourth-order valence-electron chi connectivity index (χ4n) is 1.39. The van der Waals surface area contributed by atoms with Crippen LogP contribution in [0.15, 0.2) is 24.3 Å². The molecule has 0 fully saturated rings. The third-order valence-electron chi connectivity index (χ3n) is 2.14. The summed E-state index contributed by atoms with van der Waals surface area (Å²) in [7, 11) is 0. The molecule has 70 valence electrons. The number of hydrogen-bond acceptors (Lipinski definition) is 4. The Morgan fingerprint density at radius 1 is 1.46 bits per heavy atom. The molecule has 0 saturated carbocycles. The van der Waals surface area contributed by atoms with E-state index in [1.165, 1.54) is 0 Å². The molecule has 1 aromatic carbocycles. The molecule has 0 saturated heterocycles. The average molecular weight is 179 g/mol. The Morgan fingerprint density at radius 3 is 3.00 bits per heavy atom. The smallest absolute Gasteiger partial charge is 0.142 e. The zero-order valence-corrected chi connectivity index (χ0v) is 7.49. The van der Waals surface area contributed by atoms with Crippen LogP contribution >= 0.6 is 0 Å². The lowest BCUT2D eigenvalue weighted by molar-refractivity contribution is 0.156. The average Bonchev–Trinajstić information content (AvgIpc) is 2.60. The standard InChI is InChI=1S/C9H13N3O/c1-2-9(13)12-8-6-4-3-5-7(8)10-11-12/h3-6,9-11,13H,2H2,1H3. The number of aliphatic hydroxyl groups is 1. The second-order valence-electron chi connectivity index (χ2n) is 3.01. The Labute approximate surface area is 77.1 Å². The topological polar surface area (TPSA) is 47.5 Å². The van der Waals surface area contributed by atoms with Crippen LogP contribution < -0.4 is 16.0 Å². The molecule has 13 heavy (non-hydrogen) atoms. The van der Waals surface area contributed by atoms with Gasteiger partial charge in [-0.2, -0.15) is 0 Å². The molecule has 1 aromatic rings. The van der Waals surface area contributed by atoms with Crippen LogP contribution in [0.5, 0.6) is 0 Å². The minimum atomic E-state index is -0.490. The molecule has 0 spiro atoms. The predicted molar refractivity (Wildman–Crippen MR) is 52.0 cm³/mol. The van der Waals surface area contributed by atoms with Crippen molar-refractivity contribution in [1.29, 1.82) is 0 Å². The van der Waals surface area contributed by atoms with E-state index in [2.05, 4.69) is 11.0 Å². The summed E-state index contributed by atoms with van der Waals surface area (Å²) in [6.07, 6.45) is 0.194. The van der Waals surface area contributed by atoms with Gasteiger partial charge in [0, 0.05) is 0 Å². The Hall–Kier alpha value is -1.26. The number of nitrogens with zero attached hydrogens (tertiary/aromatic N) is 1. The largest absolute Gasteiger partial charge is 0.372 e. The molecule has 2 rings (SSSR count).